The minimum Gasteiger partial charge on any atom is -0.457 e. The van der Waals surface area contributed by atoms with Gasteiger partial charge in [-0.05, 0) is 61.4 Å². The molecule has 7 nitrogen and oxygen atoms in total. The number of hydrogen-bond acceptors (Lipinski definition) is 5. The summed E-state index contributed by atoms with van der Waals surface area (Å²) in [6.07, 6.45) is 0.816. The summed E-state index contributed by atoms with van der Waals surface area (Å²) < 4.78 is 11.0. The Morgan fingerprint density at radius 3 is 2.31 bits per heavy atom. The fourth-order valence-corrected chi connectivity index (χ4v) is 3.94. The van der Waals surface area contributed by atoms with Crippen LogP contribution in [0.2, 0.25) is 0 Å². The third-order valence-electron chi connectivity index (χ3n) is 5.88. The molecule has 3 aromatic rings. The number of para-hydroxylation sites is 1. The summed E-state index contributed by atoms with van der Waals surface area (Å²) in [5.74, 6) is -0.382. The molecule has 1 saturated heterocycles. The van der Waals surface area contributed by atoms with Crippen molar-refractivity contribution < 1.29 is 23.9 Å². The average molecular weight is 473 g/mol. The number of nitrogens with zero attached hydrogens (tertiary/aromatic N) is 1. The van der Waals surface area contributed by atoms with Crippen LogP contribution in [0.25, 0.3) is 0 Å². The zero-order valence-electron chi connectivity index (χ0n) is 19.8. The largest absolute Gasteiger partial charge is 0.457 e. The second-order valence-corrected chi connectivity index (χ2v) is 8.48. The maximum atomic E-state index is 12.6. The van der Waals surface area contributed by atoms with Gasteiger partial charge in [-0.15, -0.1) is 0 Å². The molecule has 0 aromatic heterocycles. The number of benzene rings is 3. The van der Waals surface area contributed by atoms with Crippen molar-refractivity contribution >= 4 is 29.2 Å². The summed E-state index contributed by atoms with van der Waals surface area (Å²) in [6, 6.07) is 22.4. The fraction of sp³-hybridized carbons (Fsp3) is 0.250. The number of anilines is 2. The molecule has 1 N–H and O–H groups in total. The minimum absolute atomic E-state index is 0.0424. The Kier molecular flexibility index (Phi) is 7.45. The van der Waals surface area contributed by atoms with E-state index in [9.17, 15) is 14.4 Å². The van der Waals surface area contributed by atoms with Crippen LogP contribution in [-0.4, -0.2) is 30.9 Å². The first kappa shape index (κ1) is 24.0. The lowest BCUT2D eigenvalue weighted by Crippen LogP contribution is -2.28. The highest BCUT2D eigenvalue weighted by Crippen LogP contribution is 2.29. The molecule has 0 aliphatic carbocycles. The highest BCUT2D eigenvalue weighted by atomic mass is 16.5. The number of esters is 1. The van der Waals surface area contributed by atoms with Gasteiger partial charge in [-0.3, -0.25) is 14.4 Å². The molecule has 0 radical (unpaired) electrons. The first-order valence-corrected chi connectivity index (χ1v) is 11.6. The van der Waals surface area contributed by atoms with Crippen LogP contribution < -0.4 is 15.0 Å². The van der Waals surface area contributed by atoms with E-state index in [1.165, 1.54) is 0 Å². The third kappa shape index (κ3) is 6.06. The molecule has 0 saturated carbocycles. The fourth-order valence-electron chi connectivity index (χ4n) is 3.94. The van der Waals surface area contributed by atoms with E-state index in [2.05, 4.69) is 5.32 Å². The van der Waals surface area contributed by atoms with E-state index in [-0.39, 0.29) is 18.9 Å². The molecule has 4 rings (SSSR count). The van der Waals surface area contributed by atoms with Gasteiger partial charge in [0, 0.05) is 24.3 Å². The van der Waals surface area contributed by atoms with Crippen LogP contribution in [0.15, 0.2) is 72.8 Å². The van der Waals surface area contributed by atoms with Crippen LogP contribution in [-0.2, 0) is 25.5 Å². The average Bonchev–Trinajstić information content (AvgIpc) is 3.26. The summed E-state index contributed by atoms with van der Waals surface area (Å²) >= 11 is 0. The molecule has 1 atom stereocenters. The first-order chi connectivity index (χ1) is 16.9. The number of nitrogens with one attached hydrogen (secondary N) is 1. The van der Waals surface area contributed by atoms with Crippen molar-refractivity contribution in [1.82, 2.24) is 0 Å². The van der Waals surface area contributed by atoms with Crippen LogP contribution >= 0.6 is 0 Å². The van der Waals surface area contributed by atoms with Gasteiger partial charge in [0.25, 0.3) is 5.91 Å². The van der Waals surface area contributed by atoms with Crippen molar-refractivity contribution in [2.75, 3.05) is 23.4 Å². The number of carbonyl (C=O) groups excluding carboxylic acids is 3. The second-order valence-electron chi connectivity index (χ2n) is 8.48. The molecule has 180 valence electrons. The van der Waals surface area contributed by atoms with Gasteiger partial charge in [-0.25, -0.2) is 0 Å². The normalized spacial score (nSPS) is 15.1. The topological polar surface area (TPSA) is 84.9 Å². The third-order valence-corrected chi connectivity index (χ3v) is 5.88. The van der Waals surface area contributed by atoms with Crippen LogP contribution in [0, 0.1) is 12.8 Å². The van der Waals surface area contributed by atoms with Crippen molar-refractivity contribution in [1.29, 1.82) is 0 Å². The first-order valence-electron chi connectivity index (χ1n) is 11.6. The van der Waals surface area contributed by atoms with E-state index < -0.39 is 24.4 Å². The van der Waals surface area contributed by atoms with Gasteiger partial charge < -0.3 is 19.7 Å². The lowest BCUT2D eigenvalue weighted by molar-refractivity contribution is -0.151. The van der Waals surface area contributed by atoms with Crippen molar-refractivity contribution in [3.05, 3.63) is 83.9 Å². The predicted molar refractivity (Wildman–Crippen MR) is 134 cm³/mol. The Morgan fingerprint density at radius 2 is 1.63 bits per heavy atom. The molecule has 3 aromatic carbocycles. The Hall–Kier alpha value is -4.13. The van der Waals surface area contributed by atoms with Crippen molar-refractivity contribution in [2.24, 2.45) is 5.92 Å². The number of rotatable bonds is 8. The molecule has 1 aliphatic rings. The predicted octanol–water partition coefficient (Wildman–Crippen LogP) is 4.88. The molecule has 0 bridgehead atoms. The van der Waals surface area contributed by atoms with Gasteiger partial charge in [0.1, 0.15) is 11.5 Å². The Morgan fingerprint density at radius 1 is 0.971 bits per heavy atom. The van der Waals surface area contributed by atoms with Crippen LogP contribution in [0.5, 0.6) is 11.5 Å². The lowest BCUT2D eigenvalue weighted by Gasteiger charge is -2.17. The van der Waals surface area contributed by atoms with Gasteiger partial charge in [-0.1, -0.05) is 42.8 Å². The summed E-state index contributed by atoms with van der Waals surface area (Å²) in [5, 5.41) is 2.77. The van der Waals surface area contributed by atoms with E-state index in [1.807, 2.05) is 62.4 Å². The van der Waals surface area contributed by atoms with E-state index in [0.717, 1.165) is 23.3 Å². The van der Waals surface area contributed by atoms with Gasteiger partial charge >= 0.3 is 5.97 Å². The molecule has 7 heteroatoms. The highest BCUT2D eigenvalue weighted by Gasteiger charge is 2.36. The molecule has 0 spiro atoms. The molecule has 35 heavy (non-hydrogen) atoms. The maximum absolute atomic E-state index is 12.6. The monoisotopic (exact) mass is 472 g/mol. The number of carbonyl (C=O) groups is 3. The molecular weight excluding hydrogens is 444 g/mol. The van der Waals surface area contributed by atoms with Gasteiger partial charge in [0.15, 0.2) is 6.61 Å². The summed E-state index contributed by atoms with van der Waals surface area (Å²) in [4.78, 5) is 38.9. The smallest absolute Gasteiger partial charge is 0.311 e. The van der Waals surface area contributed by atoms with E-state index in [4.69, 9.17) is 9.47 Å². The quantitative estimate of drug-likeness (QED) is 0.472. The second kappa shape index (κ2) is 10.9. The van der Waals surface area contributed by atoms with Crippen molar-refractivity contribution in [2.45, 2.75) is 26.7 Å². The number of aryl methyl sites for hydroxylation is 2. The summed E-state index contributed by atoms with van der Waals surface area (Å²) in [6.45, 7) is 3.82. The standard InChI is InChI=1S/C28H28N2O5/c1-3-20-6-4-5-7-25(20)29-26(31)18-34-28(33)21-16-27(32)30(17-21)22-10-14-24(15-11-22)35-23-12-8-19(2)9-13-23/h4-15,21H,3,16-18H2,1-2H3,(H,29,31)/t21-/m1/s1. The molecule has 1 heterocycles. The van der Waals surface area contributed by atoms with Crippen LogP contribution in [0.3, 0.4) is 0 Å². The zero-order chi connectivity index (χ0) is 24.8. The minimum atomic E-state index is -0.623. The van der Waals surface area contributed by atoms with Crippen LogP contribution in [0.1, 0.15) is 24.5 Å². The van der Waals surface area contributed by atoms with Gasteiger partial charge in [0.2, 0.25) is 5.91 Å². The lowest BCUT2D eigenvalue weighted by atomic mass is 10.1. The molecule has 2 amide bonds. The molecule has 1 aliphatic heterocycles. The van der Waals surface area contributed by atoms with E-state index in [0.29, 0.717) is 17.1 Å². The highest BCUT2D eigenvalue weighted by molar-refractivity contribution is 6.00. The number of amides is 2. The van der Waals surface area contributed by atoms with Crippen molar-refractivity contribution in [3.63, 3.8) is 0 Å². The SMILES string of the molecule is CCc1ccccc1NC(=O)COC(=O)[C@@H]1CC(=O)N(c2ccc(Oc3ccc(C)cc3)cc2)C1. The Bertz CT molecular complexity index is 1200. The summed E-state index contributed by atoms with van der Waals surface area (Å²) in [7, 11) is 0. The maximum Gasteiger partial charge on any atom is 0.311 e. The number of hydrogen-bond donors (Lipinski definition) is 1. The van der Waals surface area contributed by atoms with E-state index >= 15 is 0 Å². The molecule has 0 unspecified atom stereocenters. The Labute approximate surface area is 204 Å². The Balaban J connectivity index is 1.29. The van der Waals surface area contributed by atoms with Crippen LogP contribution in [0.4, 0.5) is 11.4 Å². The van der Waals surface area contributed by atoms with E-state index in [1.54, 1.807) is 29.2 Å². The number of ether oxygens (including phenoxy) is 2. The molecular formula is C28H28N2O5. The van der Waals surface area contributed by atoms with Gasteiger partial charge in [-0.2, -0.15) is 0 Å². The zero-order valence-corrected chi connectivity index (χ0v) is 19.8. The summed E-state index contributed by atoms with van der Waals surface area (Å²) in [5.41, 5.74) is 3.53. The van der Waals surface area contributed by atoms with Crippen molar-refractivity contribution in [3.8, 4) is 11.5 Å². The van der Waals surface area contributed by atoms with Gasteiger partial charge in [0.05, 0.1) is 5.92 Å². The molecule has 1 fully saturated rings.